The van der Waals surface area contributed by atoms with Crippen molar-refractivity contribution in [1.82, 2.24) is 15.1 Å². The van der Waals surface area contributed by atoms with Gasteiger partial charge in [-0.3, -0.25) is 4.68 Å². The molecule has 4 atom stereocenters. The van der Waals surface area contributed by atoms with Crippen LogP contribution in [0.25, 0.3) is 0 Å². The van der Waals surface area contributed by atoms with Crippen molar-refractivity contribution < 1.29 is 0 Å². The Hall–Kier alpha value is -0.350. The molecule has 3 rings (SSSR count). The average molecular weight is 354 g/mol. The number of aromatic nitrogens is 2. The van der Waals surface area contributed by atoms with E-state index in [1.807, 2.05) is 0 Å². The van der Waals surface area contributed by atoms with E-state index in [1.54, 1.807) is 0 Å². The number of hydrogen-bond donors (Lipinski definition) is 1. The molecule has 118 valence electrons. The van der Waals surface area contributed by atoms with Crippen LogP contribution in [-0.4, -0.2) is 22.9 Å². The zero-order valence-corrected chi connectivity index (χ0v) is 15.1. The molecule has 2 fully saturated rings. The molecule has 0 spiro atoms. The summed E-state index contributed by atoms with van der Waals surface area (Å²) in [4.78, 5) is 0. The van der Waals surface area contributed by atoms with Crippen molar-refractivity contribution in [2.24, 2.45) is 17.8 Å². The summed E-state index contributed by atoms with van der Waals surface area (Å²) in [6.07, 6.45) is 8.39. The van der Waals surface area contributed by atoms with E-state index in [4.69, 9.17) is 0 Å². The molecule has 0 amide bonds. The summed E-state index contributed by atoms with van der Waals surface area (Å²) in [6.45, 7) is 5.21. The summed E-state index contributed by atoms with van der Waals surface area (Å²) < 4.78 is 3.36. The highest BCUT2D eigenvalue weighted by Crippen LogP contribution is 2.50. The van der Waals surface area contributed by atoms with Crippen molar-refractivity contribution in [3.05, 3.63) is 15.9 Å². The van der Waals surface area contributed by atoms with E-state index in [1.165, 1.54) is 42.3 Å². The number of nitrogens with zero attached hydrogens (tertiary/aromatic N) is 2. The topological polar surface area (TPSA) is 29.9 Å². The van der Waals surface area contributed by atoms with Crippen LogP contribution < -0.4 is 5.32 Å². The van der Waals surface area contributed by atoms with Crippen molar-refractivity contribution >= 4 is 15.9 Å². The largest absolute Gasteiger partial charge is 0.317 e. The molecule has 0 saturated heterocycles. The molecule has 2 aliphatic rings. The fourth-order valence-electron chi connectivity index (χ4n) is 4.63. The third kappa shape index (κ3) is 3.07. The molecule has 0 aromatic carbocycles. The quantitative estimate of drug-likeness (QED) is 0.839. The Morgan fingerprint density at radius 2 is 2.19 bits per heavy atom. The molecule has 21 heavy (non-hydrogen) atoms. The van der Waals surface area contributed by atoms with E-state index >= 15 is 0 Å². The molecule has 1 N–H and O–H groups in total. The minimum absolute atomic E-state index is 0.576. The first-order valence-electron chi connectivity index (χ1n) is 8.51. The lowest BCUT2D eigenvalue weighted by Gasteiger charge is -2.26. The Bertz CT molecular complexity index is 496. The summed E-state index contributed by atoms with van der Waals surface area (Å²) in [6, 6.07) is 0.576. The van der Waals surface area contributed by atoms with Crippen LogP contribution in [0.2, 0.25) is 0 Å². The third-order valence-corrected chi connectivity index (χ3v) is 6.80. The zero-order valence-electron chi connectivity index (χ0n) is 13.5. The second kappa shape index (κ2) is 6.41. The molecule has 1 aromatic rings. The SMILES string of the molecule is CCn1nc(C)c(Br)c1CC(CC1CC2CCC1C2)NC. The molecular weight excluding hydrogens is 326 g/mol. The van der Waals surface area contributed by atoms with Crippen molar-refractivity contribution in [3.63, 3.8) is 0 Å². The van der Waals surface area contributed by atoms with E-state index in [0.717, 1.165) is 36.4 Å². The Labute approximate surface area is 137 Å². The second-order valence-electron chi connectivity index (χ2n) is 7.02. The molecule has 0 radical (unpaired) electrons. The molecule has 2 bridgehead atoms. The minimum atomic E-state index is 0.576. The molecule has 3 nitrogen and oxygen atoms in total. The summed E-state index contributed by atoms with van der Waals surface area (Å²) in [5.41, 5.74) is 2.47. The molecule has 2 aliphatic carbocycles. The van der Waals surface area contributed by atoms with Crippen LogP contribution in [0.3, 0.4) is 0 Å². The van der Waals surface area contributed by atoms with E-state index in [0.29, 0.717) is 6.04 Å². The Morgan fingerprint density at radius 3 is 2.76 bits per heavy atom. The lowest BCUT2D eigenvalue weighted by Crippen LogP contribution is -2.32. The van der Waals surface area contributed by atoms with E-state index < -0.39 is 0 Å². The molecule has 4 unspecified atom stereocenters. The molecule has 4 heteroatoms. The van der Waals surface area contributed by atoms with Gasteiger partial charge in [0, 0.05) is 19.0 Å². The predicted octanol–water partition coefficient (Wildman–Crippen LogP) is 3.93. The van der Waals surface area contributed by atoms with Crippen LogP contribution >= 0.6 is 15.9 Å². The van der Waals surface area contributed by atoms with Gasteiger partial charge in [0.05, 0.1) is 15.9 Å². The van der Waals surface area contributed by atoms with Gasteiger partial charge in [0.2, 0.25) is 0 Å². The maximum Gasteiger partial charge on any atom is 0.0738 e. The third-order valence-electron chi connectivity index (χ3n) is 5.77. The molecule has 2 saturated carbocycles. The van der Waals surface area contributed by atoms with Gasteiger partial charge in [-0.25, -0.2) is 0 Å². The summed E-state index contributed by atoms with van der Waals surface area (Å²) >= 11 is 3.73. The maximum atomic E-state index is 4.63. The first-order valence-corrected chi connectivity index (χ1v) is 9.30. The zero-order chi connectivity index (χ0) is 15.0. The van der Waals surface area contributed by atoms with Gasteiger partial charge in [0.25, 0.3) is 0 Å². The van der Waals surface area contributed by atoms with E-state index in [-0.39, 0.29) is 0 Å². The fraction of sp³-hybridized carbons (Fsp3) is 0.824. The van der Waals surface area contributed by atoms with Gasteiger partial charge in [-0.2, -0.15) is 5.10 Å². The second-order valence-corrected chi connectivity index (χ2v) is 7.82. The van der Waals surface area contributed by atoms with Crippen molar-refractivity contribution in [1.29, 1.82) is 0 Å². The molecule has 0 aliphatic heterocycles. The predicted molar refractivity (Wildman–Crippen MR) is 90.4 cm³/mol. The van der Waals surface area contributed by atoms with Gasteiger partial charge in [-0.1, -0.05) is 6.42 Å². The first kappa shape index (κ1) is 15.5. The Kier molecular flexibility index (Phi) is 4.75. The lowest BCUT2D eigenvalue weighted by atomic mass is 9.83. The Balaban J connectivity index is 1.67. The number of rotatable bonds is 6. The van der Waals surface area contributed by atoms with Crippen LogP contribution in [-0.2, 0) is 13.0 Å². The highest BCUT2D eigenvalue weighted by molar-refractivity contribution is 9.10. The van der Waals surface area contributed by atoms with Crippen LogP contribution in [0.5, 0.6) is 0 Å². The van der Waals surface area contributed by atoms with Gasteiger partial charge in [-0.15, -0.1) is 0 Å². The fourth-order valence-corrected chi connectivity index (χ4v) is 5.08. The molecule has 1 aromatic heterocycles. The number of likely N-dealkylation sites (N-methyl/N-ethyl adjacent to an activating group) is 1. The van der Waals surface area contributed by atoms with Gasteiger partial charge in [0.1, 0.15) is 0 Å². The van der Waals surface area contributed by atoms with Crippen molar-refractivity contribution in [2.45, 2.75) is 65.0 Å². The Morgan fingerprint density at radius 1 is 1.38 bits per heavy atom. The molecular formula is C17H28BrN3. The standard InChI is InChI=1S/C17H28BrN3/c1-4-21-16(17(18)11(2)20-21)10-15(19-3)9-14-8-12-5-6-13(14)7-12/h12-15,19H,4-10H2,1-3H3. The maximum absolute atomic E-state index is 4.63. The van der Waals surface area contributed by atoms with Gasteiger partial charge in [0.15, 0.2) is 0 Å². The highest BCUT2D eigenvalue weighted by Gasteiger charge is 2.40. The highest BCUT2D eigenvalue weighted by atomic mass is 79.9. The average Bonchev–Trinajstić information content (AvgIpc) is 3.16. The van der Waals surface area contributed by atoms with Gasteiger partial charge < -0.3 is 5.32 Å². The number of fused-ring (bicyclic) bond motifs is 2. The lowest BCUT2D eigenvalue weighted by molar-refractivity contribution is 0.280. The summed E-state index contributed by atoms with van der Waals surface area (Å²) in [5, 5.41) is 8.19. The monoisotopic (exact) mass is 353 g/mol. The smallest absolute Gasteiger partial charge is 0.0738 e. The van der Waals surface area contributed by atoms with Crippen LogP contribution in [0, 0.1) is 24.7 Å². The van der Waals surface area contributed by atoms with E-state index in [2.05, 4.69) is 51.9 Å². The number of halogens is 1. The van der Waals surface area contributed by atoms with Gasteiger partial charge >= 0.3 is 0 Å². The van der Waals surface area contributed by atoms with Crippen LogP contribution in [0.4, 0.5) is 0 Å². The summed E-state index contributed by atoms with van der Waals surface area (Å²) in [5.74, 6) is 3.03. The van der Waals surface area contributed by atoms with Crippen LogP contribution in [0.1, 0.15) is 50.4 Å². The number of nitrogens with one attached hydrogen (secondary N) is 1. The first-order chi connectivity index (χ1) is 10.1. The number of aryl methyl sites for hydroxylation is 2. The molecule has 1 heterocycles. The van der Waals surface area contributed by atoms with Crippen molar-refractivity contribution in [3.8, 4) is 0 Å². The van der Waals surface area contributed by atoms with E-state index in [9.17, 15) is 0 Å². The normalized spacial score (nSPS) is 29.2. The van der Waals surface area contributed by atoms with Gasteiger partial charge in [-0.05, 0) is 80.3 Å². The number of hydrogen-bond acceptors (Lipinski definition) is 2. The summed E-state index contributed by atoms with van der Waals surface area (Å²) in [7, 11) is 2.12. The minimum Gasteiger partial charge on any atom is -0.317 e. The van der Waals surface area contributed by atoms with Crippen molar-refractivity contribution in [2.75, 3.05) is 7.05 Å². The van der Waals surface area contributed by atoms with Crippen LogP contribution in [0.15, 0.2) is 4.47 Å².